The zero-order valence-corrected chi connectivity index (χ0v) is 13.0. The molecule has 2 rings (SSSR count). The van der Waals surface area contributed by atoms with Gasteiger partial charge in [-0.15, -0.1) is 0 Å². The van der Waals surface area contributed by atoms with Crippen molar-refractivity contribution < 1.29 is 5.11 Å². The van der Waals surface area contributed by atoms with Gasteiger partial charge in [0, 0.05) is 5.02 Å². The minimum Gasteiger partial charge on any atom is -0.508 e. The molecule has 2 aromatic carbocycles. The molecule has 2 aromatic rings. The number of aromatic hydroxyl groups is 1. The molecule has 0 fully saturated rings. The molecule has 0 amide bonds. The van der Waals surface area contributed by atoms with Gasteiger partial charge in [0.25, 0.3) is 0 Å². The van der Waals surface area contributed by atoms with Crippen LogP contribution in [0.5, 0.6) is 5.75 Å². The molecular formula is C18H21ClO. The van der Waals surface area contributed by atoms with E-state index in [1.165, 1.54) is 11.1 Å². The highest BCUT2D eigenvalue weighted by molar-refractivity contribution is 6.30. The average Bonchev–Trinajstić information content (AvgIpc) is 2.40. The van der Waals surface area contributed by atoms with Crippen LogP contribution in [0.25, 0.3) is 0 Å². The summed E-state index contributed by atoms with van der Waals surface area (Å²) in [6.07, 6.45) is 1.84. The lowest BCUT2D eigenvalue weighted by atomic mass is 9.79. The molecule has 20 heavy (non-hydrogen) atoms. The minimum absolute atomic E-state index is 0.0563. The van der Waals surface area contributed by atoms with Crippen LogP contribution in [0.2, 0.25) is 5.02 Å². The molecule has 0 bridgehead atoms. The van der Waals surface area contributed by atoms with Gasteiger partial charge >= 0.3 is 0 Å². The van der Waals surface area contributed by atoms with Crippen LogP contribution in [0.15, 0.2) is 42.5 Å². The van der Waals surface area contributed by atoms with Crippen LogP contribution in [0.4, 0.5) is 0 Å². The Hall–Kier alpha value is -1.47. The SMILES string of the molecule is Cc1ccc(O)c(CCC(C)(C)c2ccc(Cl)cc2)c1. The van der Waals surface area contributed by atoms with Crippen LogP contribution in [-0.2, 0) is 11.8 Å². The Morgan fingerprint density at radius 1 is 1.05 bits per heavy atom. The van der Waals surface area contributed by atoms with Crippen LogP contribution in [0.3, 0.4) is 0 Å². The van der Waals surface area contributed by atoms with Gasteiger partial charge in [0.15, 0.2) is 0 Å². The zero-order chi connectivity index (χ0) is 14.8. The lowest BCUT2D eigenvalue weighted by Gasteiger charge is -2.25. The monoisotopic (exact) mass is 288 g/mol. The minimum atomic E-state index is 0.0563. The molecule has 2 heteroatoms. The molecule has 0 spiro atoms. The third kappa shape index (κ3) is 3.55. The van der Waals surface area contributed by atoms with E-state index in [0.29, 0.717) is 5.75 Å². The molecule has 0 unspecified atom stereocenters. The van der Waals surface area contributed by atoms with Crippen molar-refractivity contribution in [1.82, 2.24) is 0 Å². The van der Waals surface area contributed by atoms with E-state index in [-0.39, 0.29) is 5.41 Å². The van der Waals surface area contributed by atoms with E-state index in [9.17, 15) is 5.11 Å². The number of phenolic OH excluding ortho intramolecular Hbond substituents is 1. The zero-order valence-electron chi connectivity index (χ0n) is 12.3. The molecule has 0 heterocycles. The molecule has 0 atom stereocenters. The van der Waals surface area contributed by atoms with Crippen molar-refractivity contribution in [3.63, 3.8) is 0 Å². The van der Waals surface area contributed by atoms with E-state index in [1.807, 2.05) is 25.1 Å². The first-order valence-electron chi connectivity index (χ1n) is 6.93. The Kier molecular flexibility index (Phi) is 4.39. The molecule has 0 saturated carbocycles. The fourth-order valence-corrected chi connectivity index (χ4v) is 2.53. The van der Waals surface area contributed by atoms with Crippen molar-refractivity contribution >= 4 is 11.6 Å². The van der Waals surface area contributed by atoms with E-state index in [1.54, 1.807) is 6.07 Å². The largest absolute Gasteiger partial charge is 0.508 e. The summed E-state index contributed by atoms with van der Waals surface area (Å²) in [5.74, 6) is 0.391. The fourth-order valence-electron chi connectivity index (χ4n) is 2.41. The quantitative estimate of drug-likeness (QED) is 0.813. The Morgan fingerprint density at radius 3 is 2.35 bits per heavy atom. The van der Waals surface area contributed by atoms with Crippen molar-refractivity contribution in [2.45, 2.75) is 39.0 Å². The van der Waals surface area contributed by atoms with Crippen molar-refractivity contribution in [3.05, 3.63) is 64.2 Å². The van der Waals surface area contributed by atoms with E-state index in [4.69, 9.17) is 11.6 Å². The number of rotatable bonds is 4. The lowest BCUT2D eigenvalue weighted by Crippen LogP contribution is -2.18. The predicted molar refractivity (Wildman–Crippen MR) is 85.6 cm³/mol. The van der Waals surface area contributed by atoms with E-state index < -0.39 is 0 Å². The summed E-state index contributed by atoms with van der Waals surface area (Å²) >= 11 is 5.94. The Balaban J connectivity index is 2.12. The molecule has 106 valence electrons. The molecule has 0 aromatic heterocycles. The maximum Gasteiger partial charge on any atom is 0.118 e. The number of hydrogen-bond donors (Lipinski definition) is 1. The summed E-state index contributed by atoms with van der Waals surface area (Å²) in [6, 6.07) is 13.8. The molecule has 1 nitrogen and oxygen atoms in total. The van der Waals surface area contributed by atoms with Gasteiger partial charge in [0.2, 0.25) is 0 Å². The topological polar surface area (TPSA) is 20.2 Å². The summed E-state index contributed by atoms with van der Waals surface area (Å²) < 4.78 is 0. The van der Waals surface area contributed by atoms with E-state index in [2.05, 4.69) is 32.0 Å². The van der Waals surface area contributed by atoms with Crippen LogP contribution in [0, 0.1) is 6.92 Å². The van der Waals surface area contributed by atoms with Gasteiger partial charge in [0.05, 0.1) is 0 Å². The smallest absolute Gasteiger partial charge is 0.118 e. The summed E-state index contributed by atoms with van der Waals surface area (Å²) in [5, 5.41) is 10.7. The first kappa shape index (κ1) is 14.9. The first-order valence-corrected chi connectivity index (χ1v) is 7.31. The van der Waals surface area contributed by atoms with Gasteiger partial charge < -0.3 is 5.11 Å². The highest BCUT2D eigenvalue weighted by atomic mass is 35.5. The second-order valence-electron chi connectivity index (χ2n) is 6.02. The van der Waals surface area contributed by atoms with Gasteiger partial charge in [0.1, 0.15) is 5.75 Å². The molecular weight excluding hydrogens is 268 g/mol. The number of phenols is 1. The highest BCUT2D eigenvalue weighted by Gasteiger charge is 2.20. The molecule has 0 saturated heterocycles. The molecule has 0 aliphatic heterocycles. The predicted octanol–water partition coefficient (Wildman–Crippen LogP) is 5.26. The van der Waals surface area contributed by atoms with Gasteiger partial charge in [-0.3, -0.25) is 0 Å². The standard InChI is InChI=1S/C18H21ClO/c1-13-4-9-17(20)14(12-13)10-11-18(2,3)15-5-7-16(19)8-6-15/h4-9,12,20H,10-11H2,1-3H3. The van der Waals surface area contributed by atoms with Gasteiger partial charge in [-0.25, -0.2) is 0 Å². The van der Waals surface area contributed by atoms with Crippen molar-refractivity contribution in [2.75, 3.05) is 0 Å². The van der Waals surface area contributed by atoms with Crippen molar-refractivity contribution in [2.24, 2.45) is 0 Å². The van der Waals surface area contributed by atoms with Gasteiger partial charge in [-0.2, -0.15) is 0 Å². The molecule has 0 aliphatic carbocycles. The summed E-state index contributed by atoms with van der Waals surface area (Å²) in [6.45, 7) is 6.50. The maximum atomic E-state index is 9.92. The number of hydrogen-bond acceptors (Lipinski definition) is 1. The lowest BCUT2D eigenvalue weighted by molar-refractivity contribution is 0.449. The number of halogens is 1. The fraction of sp³-hybridized carbons (Fsp3) is 0.333. The van der Waals surface area contributed by atoms with E-state index in [0.717, 1.165) is 23.4 Å². The number of aryl methyl sites for hydroxylation is 2. The third-order valence-corrected chi connectivity index (χ3v) is 4.13. The molecule has 0 aliphatic rings. The van der Waals surface area contributed by atoms with Gasteiger partial charge in [-0.05, 0) is 54.5 Å². The molecule has 1 N–H and O–H groups in total. The summed E-state index contributed by atoms with van der Waals surface area (Å²) in [4.78, 5) is 0. The maximum absolute atomic E-state index is 9.92. The second-order valence-corrected chi connectivity index (χ2v) is 6.46. The van der Waals surface area contributed by atoms with Crippen LogP contribution in [-0.4, -0.2) is 5.11 Å². The molecule has 0 radical (unpaired) electrons. The van der Waals surface area contributed by atoms with Crippen molar-refractivity contribution in [1.29, 1.82) is 0 Å². The average molecular weight is 289 g/mol. The first-order chi connectivity index (χ1) is 9.38. The van der Waals surface area contributed by atoms with Gasteiger partial charge in [-0.1, -0.05) is 55.3 Å². The Bertz CT molecular complexity index is 585. The number of benzene rings is 2. The Morgan fingerprint density at radius 2 is 1.70 bits per heavy atom. The highest BCUT2D eigenvalue weighted by Crippen LogP contribution is 2.31. The Labute approximate surface area is 126 Å². The van der Waals surface area contributed by atoms with E-state index >= 15 is 0 Å². The third-order valence-electron chi connectivity index (χ3n) is 3.88. The van der Waals surface area contributed by atoms with Crippen LogP contribution < -0.4 is 0 Å². The van der Waals surface area contributed by atoms with Crippen LogP contribution >= 0.6 is 11.6 Å². The normalized spacial score (nSPS) is 11.6. The van der Waals surface area contributed by atoms with Crippen molar-refractivity contribution in [3.8, 4) is 5.75 Å². The summed E-state index contributed by atoms with van der Waals surface area (Å²) in [7, 11) is 0. The van der Waals surface area contributed by atoms with Crippen LogP contribution in [0.1, 0.15) is 37.0 Å². The second kappa shape index (κ2) is 5.88. The summed E-state index contributed by atoms with van der Waals surface area (Å²) in [5.41, 5.74) is 3.53.